The lowest BCUT2D eigenvalue weighted by atomic mass is 10.0. The molecule has 0 fully saturated rings. The molecular weight excluding hydrogens is 308 g/mol. The van der Waals surface area contributed by atoms with Gasteiger partial charge in [-0.05, 0) is 23.6 Å². The van der Waals surface area contributed by atoms with E-state index in [2.05, 4.69) is 24.3 Å². The Kier molecular flexibility index (Phi) is 3.37. The second-order valence-electron chi connectivity index (χ2n) is 5.09. The highest BCUT2D eigenvalue weighted by Crippen LogP contribution is 2.42. The molecule has 4 rings (SSSR count). The van der Waals surface area contributed by atoms with Crippen molar-refractivity contribution in [2.24, 2.45) is 0 Å². The Bertz CT molecular complexity index is 942. The first-order valence-electron chi connectivity index (χ1n) is 7.02. The topological polar surface area (TPSA) is 20.2 Å². The van der Waals surface area contributed by atoms with Crippen LogP contribution in [0.4, 0.5) is 0 Å². The van der Waals surface area contributed by atoms with Gasteiger partial charge in [0, 0.05) is 22.6 Å². The van der Waals surface area contributed by atoms with Crippen LogP contribution >= 0.6 is 20.7 Å². The van der Waals surface area contributed by atoms with Gasteiger partial charge in [0.1, 0.15) is 10.6 Å². The Morgan fingerprint density at radius 1 is 0.818 bits per heavy atom. The molecule has 22 heavy (non-hydrogen) atoms. The van der Waals surface area contributed by atoms with Crippen LogP contribution in [-0.4, -0.2) is 5.11 Å². The third-order valence-electron chi connectivity index (χ3n) is 3.71. The highest BCUT2D eigenvalue weighted by molar-refractivity contribution is 7.72. The van der Waals surface area contributed by atoms with Crippen molar-refractivity contribution in [3.05, 3.63) is 72.8 Å². The molecule has 0 atom stereocenters. The Labute approximate surface area is 136 Å². The smallest absolute Gasteiger partial charge is 0.301 e. The van der Waals surface area contributed by atoms with Crippen molar-refractivity contribution in [2.75, 3.05) is 0 Å². The number of rotatable bonds is 2. The summed E-state index contributed by atoms with van der Waals surface area (Å²) in [5.74, 6) is 0.367. The summed E-state index contributed by atoms with van der Waals surface area (Å²) in [6, 6.07) is 24.5. The maximum Gasteiger partial charge on any atom is 0.301 e. The maximum atomic E-state index is 10.6. The predicted molar refractivity (Wildman–Crippen MR) is 96.6 cm³/mol. The Morgan fingerprint density at radius 2 is 1.59 bits per heavy atom. The van der Waals surface area contributed by atoms with Crippen LogP contribution in [0.25, 0.3) is 31.7 Å². The first-order valence-corrected chi connectivity index (χ1v) is 9.17. The summed E-state index contributed by atoms with van der Waals surface area (Å²) in [5.41, 5.74) is 2.12. The Balaban J connectivity index is 1.83. The molecule has 1 aromatic heterocycles. The first kappa shape index (κ1) is 13.4. The van der Waals surface area contributed by atoms with Crippen molar-refractivity contribution in [3.63, 3.8) is 0 Å². The lowest BCUT2D eigenvalue weighted by molar-refractivity contribution is 0.484. The van der Waals surface area contributed by atoms with Crippen molar-refractivity contribution < 1.29 is 5.11 Å². The predicted octanol–water partition coefficient (Wildman–Crippen LogP) is 6.28. The first-order chi connectivity index (χ1) is 10.8. The molecule has 1 nitrogen and oxygen atoms in total. The van der Waals surface area contributed by atoms with E-state index in [1.54, 1.807) is 20.7 Å². The second kappa shape index (κ2) is 5.52. The molecule has 3 aromatic carbocycles. The van der Waals surface area contributed by atoms with E-state index in [1.807, 2.05) is 48.5 Å². The molecule has 0 amide bonds. The van der Waals surface area contributed by atoms with Crippen molar-refractivity contribution in [3.8, 4) is 26.6 Å². The average Bonchev–Trinajstić information content (AvgIpc) is 3.06. The molecule has 0 aliphatic carbocycles. The zero-order chi connectivity index (χ0) is 14.9. The van der Waals surface area contributed by atoms with Gasteiger partial charge in [0.05, 0.1) is 0 Å². The molecule has 3 heteroatoms. The van der Waals surface area contributed by atoms with Crippen LogP contribution < -0.4 is 0 Å². The summed E-state index contributed by atoms with van der Waals surface area (Å²) in [6.07, 6.45) is 0. The van der Waals surface area contributed by atoms with E-state index in [0.717, 1.165) is 21.2 Å². The fraction of sp³-hybridized carbons (Fsp3) is 0. The van der Waals surface area contributed by atoms with E-state index in [4.69, 9.17) is 0 Å². The van der Waals surface area contributed by atoms with Gasteiger partial charge in [0.2, 0.25) is 0 Å². The molecule has 0 saturated heterocycles. The van der Waals surface area contributed by atoms with Crippen LogP contribution in [0.5, 0.6) is 5.75 Å². The molecule has 1 heterocycles. The summed E-state index contributed by atoms with van der Waals surface area (Å²) >= 11 is 0. The average molecular weight is 321 g/mol. The molecule has 0 saturated carbocycles. The number of hydrogen-bond donors (Lipinski definition) is 1. The van der Waals surface area contributed by atoms with Gasteiger partial charge in [0.15, 0.2) is 10.3 Å². The van der Waals surface area contributed by atoms with Crippen molar-refractivity contribution >= 4 is 31.5 Å². The maximum absolute atomic E-state index is 10.6. The van der Waals surface area contributed by atoms with Crippen LogP contribution in [0.15, 0.2) is 72.8 Å². The molecule has 0 aliphatic rings. The van der Waals surface area contributed by atoms with Gasteiger partial charge in [-0.3, -0.25) is 0 Å². The molecular formula is C19H13OS2+. The van der Waals surface area contributed by atoms with Gasteiger partial charge in [0.25, 0.3) is 4.88 Å². The van der Waals surface area contributed by atoms with E-state index in [1.165, 1.54) is 10.4 Å². The largest absolute Gasteiger partial charge is 0.507 e. The van der Waals surface area contributed by atoms with Crippen LogP contribution in [0.1, 0.15) is 0 Å². The highest BCUT2D eigenvalue weighted by atomic mass is 32.9. The number of hydrogen-bond acceptors (Lipinski definition) is 2. The minimum Gasteiger partial charge on any atom is -0.507 e. The number of aromatic hydroxyl groups is 1. The summed E-state index contributed by atoms with van der Waals surface area (Å²) in [4.78, 5) is 2.33. The molecule has 0 radical (unpaired) electrons. The van der Waals surface area contributed by atoms with Crippen LogP contribution in [-0.2, 0) is 0 Å². The van der Waals surface area contributed by atoms with E-state index in [9.17, 15) is 5.11 Å². The molecule has 0 bridgehead atoms. The van der Waals surface area contributed by atoms with Crippen molar-refractivity contribution in [1.82, 2.24) is 0 Å². The molecule has 1 N–H and O–H groups in total. The quantitative estimate of drug-likeness (QED) is 0.340. The van der Waals surface area contributed by atoms with Crippen LogP contribution in [0, 0.1) is 0 Å². The molecule has 4 aromatic rings. The standard InChI is InChI=1S/C19H12OS2/c20-19-15-9-5-4-6-13(15)10-11-16(19)18-12-17(21-22-18)14-7-2-1-3-8-14/h1-12H/p+1. The number of benzene rings is 3. The van der Waals surface area contributed by atoms with E-state index in [-0.39, 0.29) is 0 Å². The van der Waals surface area contributed by atoms with Gasteiger partial charge in [-0.15, -0.1) is 0 Å². The Hall–Kier alpha value is -2.23. The minimum absolute atomic E-state index is 0.367. The summed E-state index contributed by atoms with van der Waals surface area (Å²) in [7, 11) is 3.44. The van der Waals surface area contributed by atoms with Crippen LogP contribution in [0.2, 0.25) is 0 Å². The van der Waals surface area contributed by atoms with Crippen molar-refractivity contribution in [2.45, 2.75) is 0 Å². The molecule has 106 valence electrons. The number of phenolic OH excluding ortho intramolecular Hbond substituents is 1. The van der Waals surface area contributed by atoms with Gasteiger partial charge in [-0.2, -0.15) is 0 Å². The number of fused-ring (bicyclic) bond motifs is 1. The van der Waals surface area contributed by atoms with Gasteiger partial charge in [-0.1, -0.05) is 48.5 Å². The fourth-order valence-corrected chi connectivity index (χ4v) is 5.03. The summed E-state index contributed by atoms with van der Waals surface area (Å²) < 4.78 is 0. The van der Waals surface area contributed by atoms with Gasteiger partial charge < -0.3 is 5.11 Å². The van der Waals surface area contributed by atoms with Gasteiger partial charge in [-0.25, -0.2) is 0 Å². The zero-order valence-electron chi connectivity index (χ0n) is 11.7. The Morgan fingerprint density at radius 3 is 2.45 bits per heavy atom. The van der Waals surface area contributed by atoms with E-state index in [0.29, 0.717) is 5.75 Å². The highest BCUT2D eigenvalue weighted by Gasteiger charge is 2.19. The lowest BCUT2D eigenvalue weighted by Crippen LogP contribution is -1.79. The third-order valence-corrected chi connectivity index (χ3v) is 6.17. The van der Waals surface area contributed by atoms with Crippen LogP contribution in [0.3, 0.4) is 0 Å². The minimum atomic E-state index is 0.367. The van der Waals surface area contributed by atoms with Crippen molar-refractivity contribution in [1.29, 1.82) is 0 Å². The normalized spacial score (nSPS) is 10.9. The zero-order valence-corrected chi connectivity index (χ0v) is 13.3. The second-order valence-corrected chi connectivity index (χ2v) is 7.30. The monoisotopic (exact) mass is 321 g/mol. The lowest BCUT2D eigenvalue weighted by Gasteiger charge is -2.04. The summed E-state index contributed by atoms with van der Waals surface area (Å²) in [6.45, 7) is 0. The SMILES string of the molecule is Oc1c(-c2cc(-c3ccccc3)[s+]s2)ccc2ccccc12. The van der Waals surface area contributed by atoms with Gasteiger partial charge >= 0.3 is 10.3 Å². The van der Waals surface area contributed by atoms with E-state index < -0.39 is 0 Å². The van der Waals surface area contributed by atoms with E-state index >= 15 is 0 Å². The molecule has 0 aliphatic heterocycles. The third kappa shape index (κ3) is 2.28. The fourth-order valence-electron chi connectivity index (χ4n) is 2.57. The molecule has 0 spiro atoms. The number of phenols is 1. The molecule has 0 unspecified atom stereocenters. The summed E-state index contributed by atoms with van der Waals surface area (Å²) in [5, 5.41) is 12.6.